The average Bonchev–Trinajstić information content (AvgIpc) is 3.92. The molecule has 2 amide bonds. The number of nitrogens with zero attached hydrogens (tertiary/aromatic N) is 5. The van der Waals surface area contributed by atoms with Gasteiger partial charge in [-0.3, -0.25) is 19.4 Å². The first-order chi connectivity index (χ1) is 24.5. The number of aromatic nitrogens is 2. The lowest BCUT2D eigenvalue weighted by Crippen LogP contribution is -2.52. The zero-order chi connectivity index (χ0) is 35.7. The number of carbonyl (C=O) groups is 2. The Labute approximate surface area is 299 Å². The number of aromatic amines is 1. The normalized spacial score (nSPS) is 23.7. The molecule has 0 spiro atoms. The molecule has 7 rings (SSSR count). The van der Waals surface area contributed by atoms with E-state index in [9.17, 15) is 14.4 Å². The summed E-state index contributed by atoms with van der Waals surface area (Å²) in [6.45, 7) is 12.3. The molecule has 1 aromatic carbocycles. The number of hydrogen-bond acceptors (Lipinski definition) is 8. The Kier molecular flexibility index (Phi) is 10.6. The van der Waals surface area contributed by atoms with Gasteiger partial charge in [0.1, 0.15) is 23.8 Å². The Morgan fingerprint density at radius 3 is 2.27 bits per heavy atom. The van der Waals surface area contributed by atoms with Crippen molar-refractivity contribution in [2.24, 2.45) is 11.8 Å². The van der Waals surface area contributed by atoms with Crippen molar-refractivity contribution in [1.29, 1.82) is 0 Å². The zero-order valence-corrected chi connectivity index (χ0v) is 30.4. The van der Waals surface area contributed by atoms with Crippen LogP contribution < -0.4 is 16.0 Å². The number of piperazine rings is 1. The summed E-state index contributed by atoms with van der Waals surface area (Å²) in [7, 11) is 0. The summed E-state index contributed by atoms with van der Waals surface area (Å²) >= 11 is 0. The second-order valence-electron chi connectivity index (χ2n) is 16.1. The lowest BCUT2D eigenvalue weighted by Gasteiger charge is -2.38. The SMILES string of the molecule is CC(C)(C)OC(=O)N1CCC(CC2CCN(CC(=O)N3CCN(C4O[C@H]4c4cc(Cc5n[nH]c(=O)c6c5=CCCC=6)ccc4F)CC3)CC2)CC1. The summed E-state index contributed by atoms with van der Waals surface area (Å²) in [5, 5.41) is 8.47. The van der Waals surface area contributed by atoms with Gasteiger partial charge in [-0.1, -0.05) is 18.2 Å². The molecule has 2 aromatic rings. The fourth-order valence-corrected chi connectivity index (χ4v) is 8.31. The van der Waals surface area contributed by atoms with E-state index in [1.807, 2.05) is 42.7 Å². The summed E-state index contributed by atoms with van der Waals surface area (Å²) in [5.41, 5.74) is 1.60. The summed E-state index contributed by atoms with van der Waals surface area (Å²) in [6.07, 6.45) is 11.0. The number of epoxide rings is 1. The fourth-order valence-electron chi connectivity index (χ4n) is 8.31. The third-order valence-electron chi connectivity index (χ3n) is 11.2. The van der Waals surface area contributed by atoms with Gasteiger partial charge in [-0.05, 0) is 108 Å². The van der Waals surface area contributed by atoms with Crippen molar-refractivity contribution in [1.82, 2.24) is 29.8 Å². The molecule has 12 heteroatoms. The minimum atomic E-state index is -0.463. The lowest BCUT2D eigenvalue weighted by molar-refractivity contribution is -0.134. The third-order valence-corrected chi connectivity index (χ3v) is 11.2. The number of piperidine rings is 2. The second kappa shape index (κ2) is 15.2. The zero-order valence-electron chi connectivity index (χ0n) is 30.4. The molecule has 5 heterocycles. The van der Waals surface area contributed by atoms with Crippen LogP contribution in [0.25, 0.3) is 12.2 Å². The largest absolute Gasteiger partial charge is 0.444 e. The van der Waals surface area contributed by atoms with Crippen molar-refractivity contribution in [2.45, 2.75) is 90.1 Å². The quantitative estimate of drug-likeness (QED) is 0.418. The number of rotatable bonds is 8. The van der Waals surface area contributed by atoms with E-state index < -0.39 is 5.60 Å². The molecule has 0 radical (unpaired) electrons. The maximum absolute atomic E-state index is 15.0. The highest BCUT2D eigenvalue weighted by molar-refractivity contribution is 5.78. The van der Waals surface area contributed by atoms with Gasteiger partial charge in [0.25, 0.3) is 5.56 Å². The van der Waals surface area contributed by atoms with Crippen LogP contribution in [0.5, 0.6) is 0 Å². The van der Waals surface area contributed by atoms with E-state index in [0.29, 0.717) is 61.8 Å². The predicted molar refractivity (Wildman–Crippen MR) is 192 cm³/mol. The minimum absolute atomic E-state index is 0.178. The van der Waals surface area contributed by atoms with Gasteiger partial charge in [0.2, 0.25) is 5.91 Å². The summed E-state index contributed by atoms with van der Waals surface area (Å²) in [4.78, 5) is 46.3. The van der Waals surface area contributed by atoms with E-state index in [0.717, 1.165) is 81.2 Å². The van der Waals surface area contributed by atoms with Crippen LogP contribution in [-0.2, 0) is 20.7 Å². The highest BCUT2D eigenvalue weighted by atomic mass is 19.1. The van der Waals surface area contributed by atoms with Gasteiger partial charge in [0, 0.05) is 61.7 Å². The number of fused-ring (bicyclic) bond motifs is 1. The molecule has 11 nitrogen and oxygen atoms in total. The van der Waals surface area contributed by atoms with Crippen molar-refractivity contribution in [3.63, 3.8) is 0 Å². The molecule has 4 saturated heterocycles. The molecule has 4 fully saturated rings. The number of likely N-dealkylation sites (tertiary alicyclic amines) is 2. The highest BCUT2D eigenvalue weighted by Crippen LogP contribution is 2.42. The van der Waals surface area contributed by atoms with Gasteiger partial charge in [-0.25, -0.2) is 14.3 Å². The van der Waals surface area contributed by atoms with E-state index in [-0.39, 0.29) is 35.7 Å². The summed E-state index contributed by atoms with van der Waals surface area (Å²) in [6, 6.07) is 5.13. The highest BCUT2D eigenvalue weighted by Gasteiger charge is 2.47. The van der Waals surface area contributed by atoms with Crippen LogP contribution in [0.2, 0.25) is 0 Å². The number of halogens is 1. The van der Waals surface area contributed by atoms with E-state index >= 15 is 4.39 Å². The Balaban J connectivity index is 0.829. The Bertz CT molecular complexity index is 1770. The van der Waals surface area contributed by atoms with Crippen LogP contribution in [0.4, 0.5) is 9.18 Å². The van der Waals surface area contributed by atoms with Gasteiger partial charge in [0.15, 0.2) is 0 Å². The Morgan fingerprint density at radius 1 is 0.922 bits per heavy atom. The maximum atomic E-state index is 15.0. The maximum Gasteiger partial charge on any atom is 0.410 e. The third kappa shape index (κ3) is 8.72. The van der Waals surface area contributed by atoms with E-state index in [2.05, 4.69) is 26.1 Å². The molecular weight excluding hydrogens is 651 g/mol. The number of hydrogen-bond donors (Lipinski definition) is 1. The molecule has 5 aliphatic rings. The van der Waals surface area contributed by atoms with Crippen LogP contribution in [-0.4, -0.2) is 113 Å². The number of carbonyl (C=O) groups excluding carboxylic acids is 2. The van der Waals surface area contributed by atoms with Gasteiger partial charge < -0.3 is 19.3 Å². The van der Waals surface area contributed by atoms with Crippen LogP contribution >= 0.6 is 0 Å². The molecule has 4 aliphatic heterocycles. The van der Waals surface area contributed by atoms with E-state index in [1.165, 1.54) is 12.5 Å². The van der Waals surface area contributed by atoms with Crippen LogP contribution in [0.15, 0.2) is 23.0 Å². The van der Waals surface area contributed by atoms with Gasteiger partial charge >= 0.3 is 6.09 Å². The predicted octanol–water partition coefficient (Wildman–Crippen LogP) is 3.15. The van der Waals surface area contributed by atoms with Crippen molar-refractivity contribution in [2.75, 3.05) is 58.9 Å². The summed E-state index contributed by atoms with van der Waals surface area (Å²) in [5.74, 6) is 1.22. The molecule has 276 valence electrons. The number of nitrogens with one attached hydrogen (secondary N) is 1. The van der Waals surface area contributed by atoms with Crippen LogP contribution in [0, 0.1) is 17.7 Å². The van der Waals surface area contributed by atoms with Crippen molar-refractivity contribution < 1.29 is 23.5 Å². The fraction of sp³-hybridized carbons (Fsp3) is 0.641. The topological polar surface area (TPSA) is 115 Å². The lowest BCUT2D eigenvalue weighted by atomic mass is 9.83. The smallest absolute Gasteiger partial charge is 0.410 e. The number of ether oxygens (including phenoxy) is 2. The molecule has 51 heavy (non-hydrogen) atoms. The minimum Gasteiger partial charge on any atom is -0.444 e. The second-order valence-corrected chi connectivity index (χ2v) is 16.1. The molecule has 1 N–H and O–H groups in total. The first-order valence-corrected chi connectivity index (χ1v) is 18.9. The van der Waals surface area contributed by atoms with Crippen LogP contribution in [0.3, 0.4) is 0 Å². The van der Waals surface area contributed by atoms with Gasteiger partial charge in [0.05, 0.1) is 12.2 Å². The number of H-pyrrole nitrogens is 1. The van der Waals surface area contributed by atoms with Crippen molar-refractivity contribution in [3.8, 4) is 0 Å². The van der Waals surface area contributed by atoms with E-state index in [4.69, 9.17) is 9.47 Å². The number of amides is 2. The molecule has 0 saturated carbocycles. The standard InChI is InChI=1S/C39H53FN6O5/c1-39(2,3)51-38(49)46-16-12-27(13-17-46)22-26-10-14-43(15-11-26)25-34(47)44-18-20-45(21-19-44)37-35(50-37)31-23-28(8-9-32(31)40)24-33-29-6-4-5-7-30(29)36(48)42-41-33/h6-9,23,26-27,35,37H,4-5,10-22,24-25H2,1-3H3,(H,42,48)/t35-,37?/m0/s1. The summed E-state index contributed by atoms with van der Waals surface area (Å²) < 4.78 is 26.6. The first-order valence-electron chi connectivity index (χ1n) is 18.9. The monoisotopic (exact) mass is 704 g/mol. The van der Waals surface area contributed by atoms with E-state index in [1.54, 1.807) is 6.07 Å². The average molecular weight is 705 g/mol. The number of benzene rings is 1. The molecule has 1 aliphatic carbocycles. The first kappa shape index (κ1) is 35.8. The molecule has 1 unspecified atom stereocenters. The van der Waals surface area contributed by atoms with Crippen molar-refractivity contribution in [3.05, 3.63) is 61.6 Å². The molecular formula is C39H53FN6O5. The Morgan fingerprint density at radius 2 is 1.59 bits per heavy atom. The van der Waals surface area contributed by atoms with Crippen LogP contribution in [0.1, 0.15) is 88.6 Å². The Hall–Kier alpha value is -3.61. The van der Waals surface area contributed by atoms with Crippen molar-refractivity contribution >= 4 is 24.2 Å². The molecule has 2 atom stereocenters. The van der Waals surface area contributed by atoms with Gasteiger partial charge in [-0.15, -0.1) is 0 Å². The molecule has 0 bridgehead atoms. The van der Waals surface area contributed by atoms with Gasteiger partial charge in [-0.2, -0.15) is 5.10 Å². The molecule has 1 aromatic heterocycles.